The van der Waals surface area contributed by atoms with Gasteiger partial charge in [0.1, 0.15) is 5.54 Å². The smallest absolute Gasteiger partial charge is 0.228 e. The minimum Gasteiger partial charge on any atom is -0.326 e. The Balaban J connectivity index is 2.00. The monoisotopic (exact) mass is 257 g/mol. The van der Waals surface area contributed by atoms with Gasteiger partial charge in [-0.2, -0.15) is 5.26 Å². The molecule has 0 aromatic heterocycles. The lowest BCUT2D eigenvalue weighted by Crippen LogP contribution is -2.40. The summed E-state index contributed by atoms with van der Waals surface area (Å²) >= 11 is 0. The summed E-state index contributed by atoms with van der Waals surface area (Å²) in [7, 11) is 1.96. The van der Waals surface area contributed by atoms with Gasteiger partial charge in [0.2, 0.25) is 5.91 Å². The van der Waals surface area contributed by atoms with Crippen molar-refractivity contribution in [2.75, 3.05) is 18.9 Å². The summed E-state index contributed by atoms with van der Waals surface area (Å²) in [5, 5.41) is 11.9. The number of fused-ring (bicyclic) bond motifs is 1. The molecule has 0 aliphatic carbocycles. The van der Waals surface area contributed by atoms with Crippen LogP contribution in [0.15, 0.2) is 18.2 Å². The van der Waals surface area contributed by atoms with Gasteiger partial charge in [0.25, 0.3) is 0 Å². The molecule has 0 atom stereocenters. The minimum atomic E-state index is -0.450. The predicted molar refractivity (Wildman–Crippen MR) is 74.8 cm³/mol. The third-order valence-electron chi connectivity index (χ3n) is 3.76. The molecule has 19 heavy (non-hydrogen) atoms. The highest BCUT2D eigenvalue weighted by Crippen LogP contribution is 2.24. The van der Waals surface area contributed by atoms with Crippen molar-refractivity contribution in [3.8, 4) is 6.07 Å². The molecule has 1 amide bonds. The van der Waals surface area contributed by atoms with E-state index in [0.717, 1.165) is 24.2 Å². The van der Waals surface area contributed by atoms with Crippen LogP contribution in [-0.2, 0) is 17.6 Å². The van der Waals surface area contributed by atoms with Gasteiger partial charge in [0.05, 0.1) is 12.5 Å². The highest BCUT2D eigenvalue weighted by atomic mass is 16.1. The number of rotatable bonds is 4. The van der Waals surface area contributed by atoms with Crippen molar-refractivity contribution in [1.29, 1.82) is 5.26 Å². The normalized spacial score (nSPS) is 14.2. The lowest BCUT2D eigenvalue weighted by Gasteiger charge is -2.28. The number of carbonyl (C=O) groups is 1. The van der Waals surface area contributed by atoms with E-state index in [0.29, 0.717) is 6.42 Å². The van der Waals surface area contributed by atoms with E-state index in [1.807, 2.05) is 37.9 Å². The summed E-state index contributed by atoms with van der Waals surface area (Å²) in [4.78, 5) is 13.3. The zero-order valence-electron chi connectivity index (χ0n) is 11.7. The lowest BCUT2D eigenvalue weighted by molar-refractivity contribution is -0.115. The van der Waals surface area contributed by atoms with E-state index in [4.69, 9.17) is 5.26 Å². The summed E-state index contributed by atoms with van der Waals surface area (Å²) in [5.74, 6) is 0.0647. The number of amides is 1. The van der Waals surface area contributed by atoms with Crippen LogP contribution in [0, 0.1) is 11.3 Å². The Bertz CT molecular complexity index is 543. The summed E-state index contributed by atoms with van der Waals surface area (Å²) < 4.78 is 0. The van der Waals surface area contributed by atoms with Gasteiger partial charge in [-0.15, -0.1) is 0 Å². The standard InChI is InChI=1S/C15H19N3O/c1-15(2,10-16)18(3)7-6-11-4-5-13-12(8-11)9-14(19)17-13/h4-5,8H,6-7,9H2,1-3H3,(H,17,19). The maximum atomic E-state index is 11.3. The van der Waals surface area contributed by atoms with Crippen LogP contribution < -0.4 is 5.32 Å². The van der Waals surface area contributed by atoms with Crippen molar-refractivity contribution < 1.29 is 4.79 Å². The number of carbonyl (C=O) groups excluding carboxylic acids is 1. The quantitative estimate of drug-likeness (QED) is 0.897. The first-order valence-electron chi connectivity index (χ1n) is 6.46. The van der Waals surface area contributed by atoms with Gasteiger partial charge in [-0.3, -0.25) is 9.69 Å². The van der Waals surface area contributed by atoms with Gasteiger partial charge in [-0.05, 0) is 44.5 Å². The first kappa shape index (κ1) is 13.6. The molecular formula is C15H19N3O. The van der Waals surface area contributed by atoms with Crippen LogP contribution in [0.4, 0.5) is 5.69 Å². The fourth-order valence-corrected chi connectivity index (χ4v) is 2.10. The molecule has 1 aromatic carbocycles. The SMILES string of the molecule is CN(CCc1ccc2c(c1)CC(=O)N2)C(C)(C)C#N. The van der Waals surface area contributed by atoms with E-state index in [9.17, 15) is 4.79 Å². The average Bonchev–Trinajstić information content (AvgIpc) is 2.74. The molecule has 0 bridgehead atoms. The number of hydrogen-bond acceptors (Lipinski definition) is 3. The molecule has 2 rings (SSSR count). The van der Waals surface area contributed by atoms with Crippen LogP contribution in [0.1, 0.15) is 25.0 Å². The number of benzene rings is 1. The Morgan fingerprint density at radius 2 is 2.21 bits per heavy atom. The van der Waals surface area contributed by atoms with E-state index in [1.165, 1.54) is 5.56 Å². The zero-order valence-corrected chi connectivity index (χ0v) is 11.7. The highest BCUT2D eigenvalue weighted by Gasteiger charge is 2.22. The summed E-state index contributed by atoms with van der Waals surface area (Å²) in [6, 6.07) is 8.38. The van der Waals surface area contributed by atoms with Crippen molar-refractivity contribution in [3.05, 3.63) is 29.3 Å². The number of nitrogens with zero attached hydrogens (tertiary/aromatic N) is 2. The number of nitriles is 1. The summed E-state index contributed by atoms with van der Waals surface area (Å²) in [5.41, 5.74) is 2.76. The largest absolute Gasteiger partial charge is 0.326 e. The summed E-state index contributed by atoms with van der Waals surface area (Å²) in [6.45, 7) is 4.65. The van der Waals surface area contributed by atoms with Crippen LogP contribution >= 0.6 is 0 Å². The molecule has 4 heteroatoms. The highest BCUT2D eigenvalue weighted by molar-refractivity contribution is 5.99. The molecule has 0 radical (unpaired) electrons. The van der Waals surface area contributed by atoms with Crippen molar-refractivity contribution >= 4 is 11.6 Å². The maximum Gasteiger partial charge on any atom is 0.228 e. The molecule has 100 valence electrons. The number of likely N-dealkylation sites (N-methyl/N-ethyl adjacent to an activating group) is 1. The van der Waals surface area contributed by atoms with Crippen LogP contribution in [0.25, 0.3) is 0 Å². The lowest BCUT2D eigenvalue weighted by atomic mass is 10.0. The Kier molecular flexibility index (Phi) is 3.59. The topological polar surface area (TPSA) is 56.1 Å². The third-order valence-corrected chi connectivity index (χ3v) is 3.76. The van der Waals surface area contributed by atoms with E-state index in [1.54, 1.807) is 0 Å². The fraction of sp³-hybridized carbons (Fsp3) is 0.467. The number of hydrogen-bond donors (Lipinski definition) is 1. The molecule has 0 unspecified atom stereocenters. The van der Waals surface area contributed by atoms with Crippen LogP contribution in [0.3, 0.4) is 0 Å². The molecule has 1 heterocycles. The average molecular weight is 257 g/mol. The molecule has 4 nitrogen and oxygen atoms in total. The van der Waals surface area contributed by atoms with E-state index >= 15 is 0 Å². The second-order valence-corrected chi connectivity index (χ2v) is 5.56. The van der Waals surface area contributed by atoms with E-state index in [2.05, 4.69) is 17.5 Å². The van der Waals surface area contributed by atoms with Gasteiger partial charge in [0.15, 0.2) is 0 Å². The molecule has 1 aromatic rings. The zero-order chi connectivity index (χ0) is 14.0. The minimum absolute atomic E-state index is 0.0647. The van der Waals surface area contributed by atoms with Crippen LogP contribution in [0.2, 0.25) is 0 Å². The van der Waals surface area contributed by atoms with Crippen LogP contribution in [-0.4, -0.2) is 29.9 Å². The van der Waals surface area contributed by atoms with Crippen molar-refractivity contribution in [3.63, 3.8) is 0 Å². The van der Waals surface area contributed by atoms with E-state index < -0.39 is 5.54 Å². The van der Waals surface area contributed by atoms with Crippen molar-refractivity contribution in [2.24, 2.45) is 0 Å². The van der Waals surface area contributed by atoms with Gasteiger partial charge in [-0.1, -0.05) is 12.1 Å². The molecule has 0 saturated carbocycles. The molecule has 1 aliphatic rings. The van der Waals surface area contributed by atoms with Gasteiger partial charge < -0.3 is 5.32 Å². The molecule has 1 N–H and O–H groups in total. The molecule has 0 saturated heterocycles. The van der Waals surface area contributed by atoms with Crippen LogP contribution in [0.5, 0.6) is 0 Å². The molecule has 0 fully saturated rings. The van der Waals surface area contributed by atoms with Crippen molar-refractivity contribution in [1.82, 2.24) is 4.90 Å². The number of anilines is 1. The first-order valence-corrected chi connectivity index (χ1v) is 6.46. The Labute approximate surface area is 114 Å². The Hall–Kier alpha value is -1.86. The second kappa shape index (κ2) is 5.02. The van der Waals surface area contributed by atoms with Gasteiger partial charge in [-0.25, -0.2) is 0 Å². The molecule has 1 aliphatic heterocycles. The molecular weight excluding hydrogens is 238 g/mol. The summed E-state index contributed by atoms with van der Waals surface area (Å²) in [6.07, 6.45) is 1.35. The maximum absolute atomic E-state index is 11.3. The van der Waals surface area contributed by atoms with E-state index in [-0.39, 0.29) is 5.91 Å². The molecule has 0 spiro atoms. The van der Waals surface area contributed by atoms with Gasteiger partial charge in [0, 0.05) is 12.2 Å². The first-order chi connectivity index (χ1) is 8.92. The van der Waals surface area contributed by atoms with Crippen molar-refractivity contribution in [2.45, 2.75) is 32.2 Å². The Morgan fingerprint density at radius 1 is 1.47 bits per heavy atom. The predicted octanol–water partition coefficient (Wildman–Crippen LogP) is 1.96. The number of nitrogens with one attached hydrogen (secondary N) is 1. The fourth-order valence-electron chi connectivity index (χ4n) is 2.10. The Morgan fingerprint density at radius 3 is 2.89 bits per heavy atom. The second-order valence-electron chi connectivity index (χ2n) is 5.56. The van der Waals surface area contributed by atoms with Gasteiger partial charge >= 0.3 is 0 Å². The third kappa shape index (κ3) is 2.94.